The van der Waals surface area contributed by atoms with Gasteiger partial charge in [-0.1, -0.05) is 77.3 Å². The number of ether oxygens (including phenoxy) is 2. The summed E-state index contributed by atoms with van der Waals surface area (Å²) in [6.07, 6.45) is -4.55. The molecule has 11 heteroatoms. The number of hydrogen-bond donors (Lipinski definition) is 0. The maximum atomic E-state index is 12.6. The molecule has 0 bridgehead atoms. The fourth-order valence-corrected chi connectivity index (χ4v) is 4.17. The summed E-state index contributed by atoms with van der Waals surface area (Å²) in [5.74, 6) is -0.645. The molecule has 0 atom stereocenters. The third-order valence-electron chi connectivity index (χ3n) is 4.95. The van der Waals surface area contributed by atoms with Crippen molar-refractivity contribution in [2.24, 2.45) is 0 Å². The first-order valence-corrected chi connectivity index (χ1v) is 12.9. The second kappa shape index (κ2) is 12.9. The fourth-order valence-electron chi connectivity index (χ4n) is 3.11. The molecule has 0 N–H and O–H groups in total. The summed E-state index contributed by atoms with van der Waals surface area (Å²) in [7, 11) is 0. The van der Waals surface area contributed by atoms with Crippen molar-refractivity contribution in [1.82, 2.24) is 0 Å². The van der Waals surface area contributed by atoms with Crippen molar-refractivity contribution in [2.75, 3.05) is 6.61 Å². The zero-order valence-corrected chi connectivity index (χ0v) is 22.1. The van der Waals surface area contributed by atoms with Crippen LogP contribution in [0.15, 0.2) is 77.7 Å². The molecule has 0 heterocycles. The van der Waals surface area contributed by atoms with Gasteiger partial charge in [0.05, 0.1) is 17.5 Å². The third kappa shape index (κ3) is 9.78. The number of esters is 2. The van der Waals surface area contributed by atoms with Crippen LogP contribution in [-0.4, -0.2) is 22.3 Å². The molecular weight excluding hydrogens is 572 g/mol. The Balaban J connectivity index is 1.49. The molecule has 3 rings (SSSR count). The molecule has 0 fully saturated rings. The Hall–Kier alpha value is -2.39. The maximum absolute atomic E-state index is 12.6. The Morgan fingerprint density at radius 2 is 1.43 bits per heavy atom. The van der Waals surface area contributed by atoms with Crippen LogP contribution in [-0.2, 0) is 39.2 Å². The average Bonchev–Trinajstić information content (AvgIpc) is 2.85. The molecular formula is C26H20Cl3F3O4S. The minimum atomic E-state index is -4.42. The maximum Gasteiger partial charge on any atom is 0.416 e. The highest BCUT2D eigenvalue weighted by atomic mass is 35.6. The van der Waals surface area contributed by atoms with Crippen LogP contribution < -0.4 is 0 Å². The Morgan fingerprint density at radius 1 is 0.811 bits per heavy atom. The summed E-state index contributed by atoms with van der Waals surface area (Å²) >= 11 is 18.4. The number of hydrogen-bond acceptors (Lipinski definition) is 5. The number of carbonyl (C=O) groups is 2. The summed E-state index contributed by atoms with van der Waals surface area (Å²) in [6.45, 7) is -0.337. The summed E-state index contributed by atoms with van der Waals surface area (Å²) in [4.78, 5) is 25.4. The molecule has 3 aromatic rings. The summed E-state index contributed by atoms with van der Waals surface area (Å²) in [6, 6.07) is 18.7. The molecule has 0 spiro atoms. The monoisotopic (exact) mass is 590 g/mol. The quantitative estimate of drug-likeness (QED) is 0.144. The lowest BCUT2D eigenvalue weighted by molar-refractivity contribution is -0.144. The van der Waals surface area contributed by atoms with Crippen molar-refractivity contribution in [2.45, 2.75) is 33.6 Å². The standard InChI is InChI=1S/C26H20Cl3F3O4S/c27-25(28,29)16-36-24(34)22-4-2-1-3-19(22)15-37-21-11-7-18(8-12-21)14-35-23(33)13-17-5-9-20(10-6-17)26(30,31)32/h1-12H,13-16H2. The van der Waals surface area contributed by atoms with Crippen LogP contribution in [0.2, 0.25) is 0 Å². The van der Waals surface area contributed by atoms with E-state index in [1.165, 1.54) is 23.9 Å². The van der Waals surface area contributed by atoms with Crippen molar-refractivity contribution in [3.05, 3.63) is 101 Å². The van der Waals surface area contributed by atoms with Gasteiger partial charge in [-0.15, -0.1) is 11.8 Å². The van der Waals surface area contributed by atoms with Crippen molar-refractivity contribution >= 4 is 58.5 Å². The number of carbonyl (C=O) groups excluding carboxylic acids is 2. The molecule has 3 aromatic carbocycles. The van der Waals surface area contributed by atoms with Crippen LogP contribution >= 0.6 is 46.6 Å². The molecule has 0 aromatic heterocycles. The van der Waals surface area contributed by atoms with Gasteiger partial charge >= 0.3 is 18.1 Å². The van der Waals surface area contributed by atoms with Crippen molar-refractivity contribution in [1.29, 1.82) is 0 Å². The van der Waals surface area contributed by atoms with Crippen molar-refractivity contribution < 1.29 is 32.2 Å². The van der Waals surface area contributed by atoms with Crippen LogP contribution in [0.5, 0.6) is 0 Å². The highest BCUT2D eigenvalue weighted by molar-refractivity contribution is 7.98. The second-order valence-corrected chi connectivity index (χ2v) is 11.4. The lowest BCUT2D eigenvalue weighted by Crippen LogP contribution is -2.18. The van der Waals surface area contributed by atoms with Crippen LogP contribution in [0.1, 0.15) is 32.6 Å². The molecule has 37 heavy (non-hydrogen) atoms. The molecule has 0 aliphatic rings. The average molecular weight is 592 g/mol. The number of halogens is 6. The Bertz CT molecular complexity index is 1210. The fraction of sp³-hybridized carbons (Fsp3) is 0.231. The zero-order valence-electron chi connectivity index (χ0n) is 19.1. The SMILES string of the molecule is O=C(Cc1ccc(C(F)(F)F)cc1)OCc1ccc(SCc2ccccc2C(=O)OCC(Cl)(Cl)Cl)cc1. The molecule has 0 saturated carbocycles. The van der Waals surface area contributed by atoms with Gasteiger partial charge in [0.15, 0.2) is 0 Å². The minimum absolute atomic E-state index is 0.0301. The van der Waals surface area contributed by atoms with Gasteiger partial charge in [-0.2, -0.15) is 13.2 Å². The van der Waals surface area contributed by atoms with E-state index >= 15 is 0 Å². The summed E-state index contributed by atoms with van der Waals surface area (Å²) in [5.41, 5.74) is 1.54. The molecule has 0 aliphatic carbocycles. The van der Waals surface area contributed by atoms with E-state index in [2.05, 4.69) is 0 Å². The van der Waals surface area contributed by atoms with E-state index < -0.39 is 27.5 Å². The van der Waals surface area contributed by atoms with Gasteiger partial charge in [-0.05, 0) is 47.0 Å². The first-order chi connectivity index (χ1) is 17.4. The largest absolute Gasteiger partial charge is 0.461 e. The first kappa shape index (κ1) is 29.2. The zero-order chi connectivity index (χ0) is 27.1. The Morgan fingerprint density at radius 3 is 2.05 bits per heavy atom. The molecule has 4 nitrogen and oxygen atoms in total. The topological polar surface area (TPSA) is 52.6 Å². The van der Waals surface area contributed by atoms with E-state index in [4.69, 9.17) is 44.3 Å². The highest BCUT2D eigenvalue weighted by Gasteiger charge is 2.30. The van der Waals surface area contributed by atoms with Gasteiger partial charge in [-0.25, -0.2) is 4.79 Å². The molecule has 0 unspecified atom stereocenters. The molecule has 0 radical (unpaired) electrons. The van der Waals surface area contributed by atoms with E-state index in [-0.39, 0.29) is 19.6 Å². The van der Waals surface area contributed by atoms with E-state index in [1.807, 2.05) is 24.3 Å². The highest BCUT2D eigenvalue weighted by Crippen LogP contribution is 2.30. The number of rotatable bonds is 9. The molecule has 0 amide bonds. The van der Waals surface area contributed by atoms with Gasteiger partial charge in [0.1, 0.15) is 13.2 Å². The number of benzene rings is 3. The molecule has 0 aliphatic heterocycles. The first-order valence-electron chi connectivity index (χ1n) is 10.8. The van der Waals surface area contributed by atoms with E-state index in [1.54, 1.807) is 24.3 Å². The number of alkyl halides is 6. The Labute approximate surface area is 231 Å². The van der Waals surface area contributed by atoms with Gasteiger partial charge in [0, 0.05) is 10.6 Å². The molecule has 0 saturated heterocycles. The van der Waals surface area contributed by atoms with Gasteiger partial charge in [0.2, 0.25) is 3.79 Å². The molecule has 196 valence electrons. The number of thioether (sulfide) groups is 1. The summed E-state index contributed by atoms with van der Waals surface area (Å²) < 4.78 is 46.5. The van der Waals surface area contributed by atoms with Crippen molar-refractivity contribution in [3.63, 3.8) is 0 Å². The van der Waals surface area contributed by atoms with Crippen molar-refractivity contribution in [3.8, 4) is 0 Å². The van der Waals surface area contributed by atoms with Gasteiger partial charge < -0.3 is 9.47 Å². The second-order valence-electron chi connectivity index (χ2n) is 7.81. The van der Waals surface area contributed by atoms with Crippen LogP contribution in [0, 0.1) is 0 Å². The lowest BCUT2D eigenvalue weighted by atomic mass is 10.1. The predicted molar refractivity (Wildman–Crippen MR) is 138 cm³/mol. The van der Waals surface area contributed by atoms with Crippen LogP contribution in [0.4, 0.5) is 13.2 Å². The van der Waals surface area contributed by atoms with Crippen LogP contribution in [0.3, 0.4) is 0 Å². The van der Waals surface area contributed by atoms with Gasteiger partial charge in [0.25, 0.3) is 0 Å². The van der Waals surface area contributed by atoms with E-state index in [0.29, 0.717) is 16.9 Å². The summed E-state index contributed by atoms with van der Waals surface area (Å²) in [5, 5.41) is 0. The Kier molecular flexibility index (Phi) is 10.2. The lowest BCUT2D eigenvalue weighted by Gasteiger charge is -2.13. The minimum Gasteiger partial charge on any atom is -0.461 e. The van der Waals surface area contributed by atoms with E-state index in [0.717, 1.165) is 28.2 Å². The smallest absolute Gasteiger partial charge is 0.416 e. The third-order valence-corrected chi connectivity index (χ3v) is 6.34. The van der Waals surface area contributed by atoms with E-state index in [9.17, 15) is 22.8 Å². The van der Waals surface area contributed by atoms with Crippen LogP contribution in [0.25, 0.3) is 0 Å². The van der Waals surface area contributed by atoms with Gasteiger partial charge in [-0.3, -0.25) is 4.79 Å². The predicted octanol–water partition coefficient (Wildman–Crippen LogP) is 7.81. The normalized spacial score (nSPS) is 11.7.